The highest BCUT2D eigenvalue weighted by Gasteiger charge is 2.20. The van der Waals surface area contributed by atoms with E-state index in [0.29, 0.717) is 5.75 Å². The lowest BCUT2D eigenvalue weighted by atomic mass is 10.2. The molecule has 0 radical (unpaired) electrons. The Morgan fingerprint density at radius 1 is 1.00 bits per heavy atom. The summed E-state index contributed by atoms with van der Waals surface area (Å²) in [4.78, 5) is 17.9. The summed E-state index contributed by atoms with van der Waals surface area (Å²) in [5.41, 5.74) is 1.23. The zero-order valence-corrected chi connectivity index (χ0v) is 17.1. The predicted molar refractivity (Wildman–Crippen MR) is 113 cm³/mol. The molecule has 1 heterocycles. The molecular weight excluding hydrogens is 408 g/mol. The van der Waals surface area contributed by atoms with Gasteiger partial charge in [0.05, 0.1) is 5.75 Å². The highest BCUT2D eigenvalue weighted by Crippen LogP contribution is 2.21. The van der Waals surface area contributed by atoms with Gasteiger partial charge in [-0.2, -0.15) is 0 Å². The number of benzene rings is 2. The second kappa shape index (κ2) is 9.95. The number of nitrogens with zero attached hydrogens (tertiary/aromatic N) is 2. The fourth-order valence-electron chi connectivity index (χ4n) is 2.85. The summed E-state index contributed by atoms with van der Waals surface area (Å²) in [6, 6.07) is 18.4. The molecule has 2 aromatic carbocycles. The van der Waals surface area contributed by atoms with E-state index < -0.39 is 0 Å². The van der Waals surface area contributed by atoms with Crippen LogP contribution >= 0.6 is 27.7 Å². The zero-order valence-electron chi connectivity index (χ0n) is 14.7. The van der Waals surface area contributed by atoms with Gasteiger partial charge in [-0.05, 0) is 29.8 Å². The van der Waals surface area contributed by atoms with Gasteiger partial charge in [0, 0.05) is 42.1 Å². The van der Waals surface area contributed by atoms with Gasteiger partial charge < -0.3 is 4.90 Å². The first-order chi connectivity index (χ1) is 12.7. The van der Waals surface area contributed by atoms with Crippen molar-refractivity contribution in [3.63, 3.8) is 0 Å². The van der Waals surface area contributed by atoms with Crippen LogP contribution in [0.3, 0.4) is 0 Å². The molecule has 0 saturated carbocycles. The second-order valence-corrected chi connectivity index (χ2v) is 8.20. The van der Waals surface area contributed by atoms with Crippen LogP contribution < -0.4 is 0 Å². The Balaban J connectivity index is 1.38. The number of halogens is 1. The smallest absolute Gasteiger partial charge is 0.233 e. The third-order valence-corrected chi connectivity index (χ3v) is 5.90. The van der Waals surface area contributed by atoms with E-state index in [1.54, 1.807) is 11.8 Å². The summed E-state index contributed by atoms with van der Waals surface area (Å²) >= 11 is 5.04. The molecule has 0 N–H and O–H groups in total. The molecule has 2 aromatic rings. The normalized spacial score (nSPS) is 15.5. The Hall–Kier alpha value is -1.56. The summed E-state index contributed by atoms with van der Waals surface area (Å²) < 4.78 is 1.06. The summed E-state index contributed by atoms with van der Waals surface area (Å²) in [6.07, 6.45) is 4.36. The van der Waals surface area contributed by atoms with Crippen LogP contribution in [0.25, 0.3) is 6.08 Å². The van der Waals surface area contributed by atoms with Gasteiger partial charge in [0.25, 0.3) is 0 Å². The van der Waals surface area contributed by atoms with Crippen molar-refractivity contribution in [1.29, 1.82) is 0 Å². The maximum Gasteiger partial charge on any atom is 0.233 e. The first kappa shape index (κ1) is 19.2. The maximum atomic E-state index is 12.4. The van der Waals surface area contributed by atoms with E-state index >= 15 is 0 Å². The summed E-state index contributed by atoms with van der Waals surface area (Å²) in [7, 11) is 0. The minimum absolute atomic E-state index is 0.234. The van der Waals surface area contributed by atoms with Crippen LogP contribution in [0.5, 0.6) is 0 Å². The van der Waals surface area contributed by atoms with Gasteiger partial charge in [0.2, 0.25) is 5.91 Å². The maximum absolute atomic E-state index is 12.4. The predicted octanol–water partition coefficient (Wildman–Crippen LogP) is 4.40. The lowest BCUT2D eigenvalue weighted by Crippen LogP contribution is -2.49. The van der Waals surface area contributed by atoms with Gasteiger partial charge in [-0.25, -0.2) is 0 Å². The van der Waals surface area contributed by atoms with Crippen LogP contribution in [0.1, 0.15) is 5.56 Å². The fraction of sp³-hybridized carbons (Fsp3) is 0.286. The highest BCUT2D eigenvalue weighted by atomic mass is 79.9. The molecule has 0 bridgehead atoms. The van der Waals surface area contributed by atoms with Crippen molar-refractivity contribution in [2.45, 2.75) is 4.90 Å². The molecule has 1 saturated heterocycles. The molecule has 0 aliphatic carbocycles. The summed E-state index contributed by atoms with van der Waals surface area (Å²) in [6.45, 7) is 4.45. The molecule has 0 aromatic heterocycles. The first-order valence-corrected chi connectivity index (χ1v) is 10.6. The monoisotopic (exact) mass is 430 g/mol. The van der Waals surface area contributed by atoms with Gasteiger partial charge in [0.15, 0.2) is 0 Å². The third kappa shape index (κ3) is 6.01. The average Bonchev–Trinajstić information content (AvgIpc) is 2.69. The Kier molecular flexibility index (Phi) is 7.35. The molecule has 3 nitrogen and oxygen atoms in total. The molecule has 3 rings (SSSR count). The molecule has 136 valence electrons. The SMILES string of the molecule is O=C(CSc1ccc(Br)cc1)N1CCN(C/C=C/c2ccccc2)CC1. The van der Waals surface area contributed by atoms with Gasteiger partial charge in [0.1, 0.15) is 0 Å². The largest absolute Gasteiger partial charge is 0.339 e. The number of amides is 1. The number of piperazine rings is 1. The van der Waals surface area contributed by atoms with E-state index in [9.17, 15) is 4.79 Å². The number of hydrogen-bond acceptors (Lipinski definition) is 3. The Morgan fingerprint density at radius 2 is 1.69 bits per heavy atom. The van der Waals surface area contributed by atoms with E-state index in [-0.39, 0.29) is 5.91 Å². The Morgan fingerprint density at radius 3 is 2.38 bits per heavy atom. The van der Waals surface area contributed by atoms with Crippen LogP contribution in [0, 0.1) is 0 Å². The number of hydrogen-bond donors (Lipinski definition) is 0. The molecule has 1 aliphatic heterocycles. The van der Waals surface area contributed by atoms with Crippen LogP contribution in [-0.2, 0) is 4.79 Å². The van der Waals surface area contributed by atoms with Crippen molar-refractivity contribution in [2.75, 3.05) is 38.5 Å². The van der Waals surface area contributed by atoms with Crippen molar-refractivity contribution in [3.05, 3.63) is 70.7 Å². The number of thioether (sulfide) groups is 1. The standard InChI is InChI=1S/C21H23BrN2OS/c22-19-8-10-20(11-9-19)26-17-21(25)24-15-13-23(14-16-24)12-4-7-18-5-2-1-3-6-18/h1-11H,12-17H2/b7-4+. The third-order valence-electron chi connectivity index (χ3n) is 4.37. The quantitative estimate of drug-likeness (QED) is 0.634. The second-order valence-electron chi connectivity index (χ2n) is 6.24. The van der Waals surface area contributed by atoms with E-state index in [2.05, 4.69) is 57.2 Å². The molecule has 0 unspecified atom stereocenters. The topological polar surface area (TPSA) is 23.6 Å². The van der Waals surface area contributed by atoms with Crippen molar-refractivity contribution in [2.24, 2.45) is 0 Å². The van der Waals surface area contributed by atoms with Crippen molar-refractivity contribution < 1.29 is 4.79 Å². The molecule has 0 atom stereocenters. The van der Waals surface area contributed by atoms with Crippen molar-refractivity contribution >= 4 is 39.7 Å². The molecule has 1 fully saturated rings. The van der Waals surface area contributed by atoms with E-state index in [1.807, 2.05) is 35.2 Å². The van der Waals surface area contributed by atoms with E-state index in [0.717, 1.165) is 42.1 Å². The van der Waals surface area contributed by atoms with Gasteiger partial charge >= 0.3 is 0 Å². The Labute approximate surface area is 168 Å². The van der Waals surface area contributed by atoms with Crippen molar-refractivity contribution in [3.8, 4) is 0 Å². The summed E-state index contributed by atoms with van der Waals surface area (Å²) in [5.74, 6) is 0.743. The number of carbonyl (C=O) groups excluding carboxylic acids is 1. The minimum Gasteiger partial charge on any atom is -0.339 e. The number of carbonyl (C=O) groups is 1. The summed E-state index contributed by atoms with van der Waals surface area (Å²) in [5, 5.41) is 0. The lowest BCUT2D eigenvalue weighted by molar-refractivity contribution is -0.129. The molecule has 26 heavy (non-hydrogen) atoms. The van der Waals surface area contributed by atoms with Crippen LogP contribution in [-0.4, -0.2) is 54.2 Å². The highest BCUT2D eigenvalue weighted by molar-refractivity contribution is 9.10. The molecular formula is C21H23BrN2OS. The fourth-order valence-corrected chi connectivity index (χ4v) is 3.91. The van der Waals surface area contributed by atoms with Crippen LogP contribution in [0.15, 0.2) is 70.0 Å². The minimum atomic E-state index is 0.234. The zero-order chi connectivity index (χ0) is 18.2. The number of rotatable bonds is 6. The van der Waals surface area contributed by atoms with E-state index in [4.69, 9.17) is 0 Å². The van der Waals surface area contributed by atoms with Gasteiger partial charge in [-0.3, -0.25) is 9.69 Å². The first-order valence-electron chi connectivity index (χ1n) is 8.81. The molecule has 0 spiro atoms. The molecule has 1 aliphatic rings. The van der Waals surface area contributed by atoms with E-state index in [1.165, 1.54) is 5.56 Å². The Bertz CT molecular complexity index is 725. The van der Waals surface area contributed by atoms with Gasteiger partial charge in [-0.15, -0.1) is 11.8 Å². The molecule has 5 heteroatoms. The van der Waals surface area contributed by atoms with Crippen LogP contribution in [0.4, 0.5) is 0 Å². The lowest BCUT2D eigenvalue weighted by Gasteiger charge is -2.34. The van der Waals surface area contributed by atoms with Gasteiger partial charge in [-0.1, -0.05) is 58.4 Å². The molecule has 1 amide bonds. The van der Waals surface area contributed by atoms with Crippen molar-refractivity contribution in [1.82, 2.24) is 9.80 Å². The average molecular weight is 431 g/mol. The van der Waals surface area contributed by atoms with Crippen LogP contribution in [0.2, 0.25) is 0 Å².